The average molecular weight is 433 g/mol. The smallest absolute Gasteiger partial charge is 0.279 e. The van der Waals surface area contributed by atoms with Gasteiger partial charge in [0, 0.05) is 5.56 Å². The number of carbonyl (C=O) groups excluding carboxylic acids is 2. The molecule has 0 aromatic heterocycles. The number of halogens is 2. The molecule has 2 amide bonds. The minimum absolute atomic E-state index is 0.171. The summed E-state index contributed by atoms with van der Waals surface area (Å²) in [6.45, 7) is 1.58. The monoisotopic (exact) mass is 432 g/mol. The summed E-state index contributed by atoms with van der Waals surface area (Å²) in [7, 11) is 1.42. The maximum atomic E-state index is 12.3. The number of rotatable bonds is 5. The third-order valence-electron chi connectivity index (χ3n) is 4.17. The van der Waals surface area contributed by atoms with Gasteiger partial charge in [-0.15, -0.1) is 0 Å². The van der Waals surface area contributed by atoms with Crippen molar-refractivity contribution >= 4 is 45.8 Å². The second-order valence-electron chi connectivity index (χ2n) is 6.19. The molecular weight excluding hydrogens is 415 g/mol. The van der Waals surface area contributed by atoms with Gasteiger partial charge in [-0.05, 0) is 42.0 Å². The predicted octanol–water partition coefficient (Wildman–Crippen LogP) is 4.38. The molecule has 2 N–H and O–H groups in total. The molecule has 0 bridgehead atoms. The molecule has 0 saturated heterocycles. The van der Waals surface area contributed by atoms with Gasteiger partial charge in [-0.3, -0.25) is 20.4 Å². The number of carbonyl (C=O) groups is 2. The number of ether oxygens (including phenoxy) is 2. The van der Waals surface area contributed by atoms with E-state index in [4.69, 9.17) is 32.7 Å². The molecule has 6 nitrogen and oxygen atoms in total. The zero-order valence-corrected chi connectivity index (χ0v) is 17.2. The zero-order chi connectivity index (χ0) is 21.0. The fourth-order valence-corrected chi connectivity index (χ4v) is 3.32. The summed E-state index contributed by atoms with van der Waals surface area (Å²) in [5.41, 5.74) is 4.81. The Balaban J connectivity index is 1.60. The summed E-state index contributed by atoms with van der Waals surface area (Å²) in [6.07, 6.45) is -0.834. The van der Waals surface area contributed by atoms with Crippen LogP contribution in [0.3, 0.4) is 0 Å². The Morgan fingerprint density at radius 3 is 2.24 bits per heavy atom. The topological polar surface area (TPSA) is 76.7 Å². The molecule has 0 aliphatic heterocycles. The van der Waals surface area contributed by atoms with E-state index in [2.05, 4.69) is 10.9 Å². The van der Waals surface area contributed by atoms with E-state index in [1.165, 1.54) is 19.2 Å². The molecule has 3 aromatic rings. The van der Waals surface area contributed by atoms with Crippen LogP contribution in [0.2, 0.25) is 10.0 Å². The third-order valence-corrected chi connectivity index (χ3v) is 4.73. The normalized spacial score (nSPS) is 11.6. The van der Waals surface area contributed by atoms with E-state index < -0.39 is 17.9 Å². The number of fused-ring (bicyclic) bond motifs is 1. The van der Waals surface area contributed by atoms with Crippen LogP contribution in [0, 0.1) is 0 Å². The first-order chi connectivity index (χ1) is 13.9. The largest absolute Gasteiger partial charge is 0.494 e. The van der Waals surface area contributed by atoms with Crippen LogP contribution in [-0.2, 0) is 4.79 Å². The summed E-state index contributed by atoms with van der Waals surface area (Å²) in [5, 5.41) is 2.44. The highest BCUT2D eigenvalue weighted by Gasteiger charge is 2.18. The Morgan fingerprint density at radius 2 is 1.59 bits per heavy atom. The fourth-order valence-electron chi connectivity index (χ4n) is 2.68. The van der Waals surface area contributed by atoms with Gasteiger partial charge >= 0.3 is 0 Å². The quantitative estimate of drug-likeness (QED) is 0.586. The van der Waals surface area contributed by atoms with Crippen LogP contribution in [0.5, 0.6) is 11.5 Å². The lowest BCUT2D eigenvalue weighted by Crippen LogP contribution is -2.47. The lowest BCUT2D eigenvalue weighted by atomic mass is 10.1. The van der Waals surface area contributed by atoms with Gasteiger partial charge in [0.05, 0.1) is 17.2 Å². The molecule has 0 saturated carbocycles. The first-order valence-corrected chi connectivity index (χ1v) is 9.43. The highest BCUT2D eigenvalue weighted by Crippen LogP contribution is 2.33. The highest BCUT2D eigenvalue weighted by atomic mass is 35.5. The Hall–Kier alpha value is -2.96. The van der Waals surface area contributed by atoms with Crippen LogP contribution in [0.25, 0.3) is 10.8 Å². The van der Waals surface area contributed by atoms with Crippen molar-refractivity contribution in [3.05, 3.63) is 70.2 Å². The molecule has 0 heterocycles. The van der Waals surface area contributed by atoms with Gasteiger partial charge in [0.15, 0.2) is 11.9 Å². The molecule has 0 aliphatic carbocycles. The first kappa shape index (κ1) is 20.8. The number of nitrogens with one attached hydrogen (secondary N) is 2. The molecule has 29 heavy (non-hydrogen) atoms. The van der Waals surface area contributed by atoms with Crippen molar-refractivity contribution in [2.24, 2.45) is 0 Å². The molecule has 150 valence electrons. The van der Waals surface area contributed by atoms with E-state index in [-0.39, 0.29) is 21.4 Å². The van der Waals surface area contributed by atoms with Crippen LogP contribution in [0.1, 0.15) is 17.3 Å². The van der Waals surface area contributed by atoms with Crippen molar-refractivity contribution in [3.8, 4) is 11.5 Å². The second-order valence-corrected chi connectivity index (χ2v) is 7.00. The van der Waals surface area contributed by atoms with Crippen LogP contribution in [0.15, 0.2) is 54.6 Å². The minimum atomic E-state index is -0.834. The van der Waals surface area contributed by atoms with E-state index in [0.717, 1.165) is 10.8 Å². The highest BCUT2D eigenvalue weighted by molar-refractivity contribution is 6.37. The molecule has 1 unspecified atom stereocenters. The van der Waals surface area contributed by atoms with Gasteiger partial charge < -0.3 is 9.47 Å². The average Bonchev–Trinajstić information content (AvgIpc) is 2.71. The van der Waals surface area contributed by atoms with Gasteiger partial charge in [0.25, 0.3) is 11.8 Å². The lowest BCUT2D eigenvalue weighted by molar-refractivity contribution is -0.128. The Kier molecular flexibility index (Phi) is 6.46. The van der Waals surface area contributed by atoms with E-state index in [9.17, 15) is 9.59 Å². The molecule has 0 radical (unpaired) electrons. The van der Waals surface area contributed by atoms with E-state index in [1.54, 1.807) is 13.0 Å². The predicted molar refractivity (Wildman–Crippen MR) is 113 cm³/mol. The van der Waals surface area contributed by atoms with Crippen LogP contribution in [-0.4, -0.2) is 25.0 Å². The van der Waals surface area contributed by atoms with Crippen molar-refractivity contribution in [1.82, 2.24) is 10.9 Å². The number of benzene rings is 3. The maximum Gasteiger partial charge on any atom is 0.279 e. The van der Waals surface area contributed by atoms with E-state index in [1.807, 2.05) is 36.4 Å². The van der Waals surface area contributed by atoms with Crippen molar-refractivity contribution in [1.29, 1.82) is 0 Å². The standard InChI is InChI=1S/C21H18Cl2N2O4/c1-12(29-16-8-7-13-5-3-4-6-14(13)9-16)20(26)24-25-21(27)15-10-17(22)19(28-2)18(23)11-15/h3-12H,1-2H3,(H,24,26)(H,25,27). The van der Waals surface area contributed by atoms with Crippen molar-refractivity contribution in [2.45, 2.75) is 13.0 Å². The molecule has 0 aliphatic rings. The molecular formula is C21H18Cl2N2O4. The maximum absolute atomic E-state index is 12.3. The van der Waals surface area contributed by atoms with Gasteiger partial charge in [0.1, 0.15) is 5.75 Å². The number of amides is 2. The number of hydrogen-bond donors (Lipinski definition) is 2. The zero-order valence-electron chi connectivity index (χ0n) is 15.7. The van der Waals surface area contributed by atoms with E-state index >= 15 is 0 Å². The van der Waals surface area contributed by atoms with Crippen molar-refractivity contribution in [2.75, 3.05) is 7.11 Å². The number of hydrogen-bond acceptors (Lipinski definition) is 4. The fraction of sp³-hybridized carbons (Fsp3) is 0.143. The summed E-state index contributed by atoms with van der Waals surface area (Å²) >= 11 is 12.1. The summed E-state index contributed by atoms with van der Waals surface area (Å²) in [5.74, 6) is -0.280. The van der Waals surface area contributed by atoms with Gasteiger partial charge in [-0.2, -0.15) is 0 Å². The molecule has 0 fully saturated rings. The van der Waals surface area contributed by atoms with Crippen molar-refractivity contribution < 1.29 is 19.1 Å². The molecule has 3 aromatic carbocycles. The number of methoxy groups -OCH3 is 1. The van der Waals surface area contributed by atoms with Gasteiger partial charge in [-0.1, -0.05) is 53.5 Å². The summed E-state index contributed by atoms with van der Waals surface area (Å²) in [4.78, 5) is 24.5. The van der Waals surface area contributed by atoms with Crippen LogP contribution < -0.4 is 20.3 Å². The SMILES string of the molecule is COc1c(Cl)cc(C(=O)NNC(=O)C(C)Oc2ccc3ccccc3c2)cc1Cl. The molecule has 1 atom stereocenters. The van der Waals surface area contributed by atoms with Crippen LogP contribution >= 0.6 is 23.2 Å². The summed E-state index contributed by atoms with van der Waals surface area (Å²) < 4.78 is 10.7. The van der Waals surface area contributed by atoms with Crippen LogP contribution in [0.4, 0.5) is 0 Å². The molecule has 3 rings (SSSR count). The second kappa shape index (κ2) is 9.03. The molecule has 0 spiro atoms. The first-order valence-electron chi connectivity index (χ1n) is 8.67. The Morgan fingerprint density at radius 1 is 0.931 bits per heavy atom. The van der Waals surface area contributed by atoms with Gasteiger partial charge in [-0.25, -0.2) is 0 Å². The lowest BCUT2D eigenvalue weighted by Gasteiger charge is -2.16. The van der Waals surface area contributed by atoms with E-state index in [0.29, 0.717) is 5.75 Å². The Bertz CT molecular complexity index is 1050. The Labute approximate surface area is 177 Å². The minimum Gasteiger partial charge on any atom is -0.494 e. The number of hydrazine groups is 1. The summed E-state index contributed by atoms with van der Waals surface area (Å²) in [6, 6.07) is 16.1. The third kappa shape index (κ3) is 4.91. The van der Waals surface area contributed by atoms with Crippen molar-refractivity contribution in [3.63, 3.8) is 0 Å². The van der Waals surface area contributed by atoms with Gasteiger partial charge in [0.2, 0.25) is 0 Å². The molecule has 8 heteroatoms.